The Morgan fingerprint density at radius 3 is 0.625 bits per heavy atom. The molecule has 4 aliphatic carbocycles. The maximum Gasteiger partial charge on any atom is 0.278 e. The molecule has 1 amide bonds. The van der Waals surface area contributed by atoms with E-state index in [9.17, 15) is 32.2 Å². The predicted molar refractivity (Wildman–Crippen MR) is 422 cm³/mol. The standard InChI is InChI=1S/4C18H15S.C14H20FNO2.C4H8FNO3S/c4*1-4-10-16(11-5-1)19(17-12-6-2-7-13-17)18-14-8-3-9-15-18;1-8(15)12(17)16-13(18)14-5-9-2-10(6-14)4-11(3-9)7-14;1-3(5)4(7)6-10(2,8)9/h4*1-15H;8-11H,2-7H2,1H3,(H,16,17,18);3H,1-2H3,(H,6,7)/q4*+1;;/p-2. The average molecular weight is 1470 g/mol. The van der Waals surface area contributed by atoms with Gasteiger partial charge >= 0.3 is 0 Å². The van der Waals surface area contributed by atoms with Gasteiger partial charge in [-0.1, -0.05) is 218 Å². The van der Waals surface area contributed by atoms with Crippen molar-refractivity contribution in [2.45, 2.75) is 123 Å². The number of rotatable bonds is 16. The van der Waals surface area contributed by atoms with Crippen molar-refractivity contribution in [3.05, 3.63) is 364 Å². The van der Waals surface area contributed by atoms with E-state index >= 15 is 0 Å². The van der Waals surface area contributed by atoms with Gasteiger partial charge in [-0.05, 0) is 227 Å². The molecule has 0 N–H and O–H groups in total. The van der Waals surface area contributed by atoms with Crippen LogP contribution in [0.25, 0.3) is 0 Å². The van der Waals surface area contributed by atoms with E-state index in [4.69, 9.17) is 0 Å². The highest BCUT2D eigenvalue weighted by atomic mass is 32.2. The molecule has 7 nitrogen and oxygen atoms in total. The molecule has 4 saturated carbocycles. The van der Waals surface area contributed by atoms with Crippen molar-refractivity contribution in [2.24, 2.45) is 32.6 Å². The Morgan fingerprint density at radius 1 is 0.337 bits per heavy atom. The van der Waals surface area contributed by atoms with Crippen molar-refractivity contribution >= 4 is 71.3 Å². The molecule has 0 aliphatic heterocycles. The predicted octanol–water partition coefficient (Wildman–Crippen LogP) is 20.0. The normalized spacial score (nSPS) is 17.0. The van der Waals surface area contributed by atoms with Gasteiger partial charge in [0.2, 0.25) is 10.0 Å². The number of carbonyl (C=O) groups excluding carboxylic acids is 1. The molecular formula is C90H86F2N2O5S5+2. The summed E-state index contributed by atoms with van der Waals surface area (Å²) in [4.78, 5) is 31.1. The van der Waals surface area contributed by atoms with Crippen molar-refractivity contribution in [2.75, 3.05) is 6.26 Å². The molecule has 4 fully saturated rings. The maximum atomic E-state index is 12.8. The zero-order valence-electron chi connectivity index (χ0n) is 58.5. The van der Waals surface area contributed by atoms with Crippen molar-refractivity contribution < 1.29 is 32.2 Å². The number of aliphatic imine (C=N–C) groups is 1. The van der Waals surface area contributed by atoms with Crippen LogP contribution in [0.2, 0.25) is 0 Å². The molecule has 0 saturated heterocycles. The monoisotopic (exact) mass is 1470 g/mol. The van der Waals surface area contributed by atoms with Gasteiger partial charge in [-0.2, -0.15) is 4.40 Å². The smallest absolute Gasteiger partial charge is 0.278 e. The van der Waals surface area contributed by atoms with Gasteiger partial charge in [-0.25, -0.2) is 22.2 Å². The molecule has 2 atom stereocenters. The summed E-state index contributed by atoms with van der Waals surface area (Å²) in [7, 11) is -3.79. The molecule has 0 spiro atoms. The number of nitrogens with zero attached hydrogens (tertiary/aromatic N) is 2. The SMILES string of the molecule is CC(F)C(=O)N=C([O-])C12CC3CC(CC(C3)C1)C2.CC(F)C([O-])=NS(C)(=O)=O.c1ccc([S+](c2ccccc2)c2ccccc2)cc1.c1ccc([S+](c2ccccc2)c2ccccc2)cc1.c1ccc([S+](c2ccccc2)c2ccccc2)cc1.c1ccc([S+](c2ccccc2)c2ccccc2)cc1. The van der Waals surface area contributed by atoms with E-state index in [1.807, 2.05) is 0 Å². The lowest BCUT2D eigenvalue weighted by molar-refractivity contribution is -0.242. The van der Waals surface area contributed by atoms with Crippen molar-refractivity contribution in [3.8, 4) is 0 Å². The van der Waals surface area contributed by atoms with Gasteiger partial charge < -0.3 is 10.2 Å². The van der Waals surface area contributed by atoms with E-state index in [0.717, 1.165) is 39.4 Å². The third kappa shape index (κ3) is 22.7. The van der Waals surface area contributed by atoms with Gasteiger partial charge in [0.1, 0.15) is 6.17 Å². The lowest BCUT2D eigenvalue weighted by Crippen LogP contribution is -2.53. The number of sulfonamides is 1. The molecule has 12 aromatic carbocycles. The maximum absolute atomic E-state index is 12.8. The van der Waals surface area contributed by atoms with Crippen LogP contribution in [-0.4, -0.2) is 44.7 Å². The van der Waals surface area contributed by atoms with E-state index in [1.54, 1.807) is 0 Å². The Hall–Kier alpha value is -9.54. The van der Waals surface area contributed by atoms with E-state index < -0.39 is 39.6 Å². The molecule has 0 aromatic heterocycles. The summed E-state index contributed by atoms with van der Waals surface area (Å²) < 4.78 is 47.7. The number of carbonyl (C=O) groups is 1. The Labute approximate surface area is 625 Å². The zero-order chi connectivity index (χ0) is 72.9. The summed E-state index contributed by atoms with van der Waals surface area (Å²) in [6, 6.07) is 129. The molecule has 4 aliphatic rings. The fourth-order valence-electron chi connectivity index (χ4n) is 13.2. The highest BCUT2D eigenvalue weighted by molar-refractivity contribution is 7.98. The highest BCUT2D eigenvalue weighted by Gasteiger charge is 2.51. The van der Waals surface area contributed by atoms with Crippen LogP contribution < -0.4 is 10.2 Å². The van der Waals surface area contributed by atoms with Crippen LogP contribution in [0.4, 0.5) is 8.78 Å². The molecular weight excluding hydrogens is 1390 g/mol. The second kappa shape index (κ2) is 39.4. The van der Waals surface area contributed by atoms with Crippen LogP contribution in [0.1, 0.15) is 52.4 Å². The van der Waals surface area contributed by atoms with E-state index in [2.05, 4.69) is 373 Å². The van der Waals surface area contributed by atoms with Crippen LogP contribution in [0.5, 0.6) is 0 Å². The van der Waals surface area contributed by atoms with Gasteiger partial charge in [0, 0.05) is 5.90 Å². The summed E-state index contributed by atoms with van der Waals surface area (Å²) >= 11 is 0. The summed E-state index contributed by atoms with van der Waals surface area (Å²) in [6.45, 7) is 2.07. The van der Waals surface area contributed by atoms with Crippen LogP contribution in [0, 0.1) is 23.2 Å². The first-order valence-corrected chi connectivity index (χ1v) is 41.5. The van der Waals surface area contributed by atoms with E-state index in [-0.39, 0.29) is 49.5 Å². The van der Waals surface area contributed by atoms with Crippen LogP contribution in [-0.2, 0) is 58.4 Å². The first kappa shape index (κ1) is 77.1. The fraction of sp³-hybridized carbons (Fsp3) is 0.167. The van der Waals surface area contributed by atoms with Gasteiger partial charge in [0.25, 0.3) is 5.91 Å². The second-order valence-corrected chi connectivity index (χ2v) is 35.1. The van der Waals surface area contributed by atoms with Crippen LogP contribution in [0.3, 0.4) is 0 Å². The van der Waals surface area contributed by atoms with Gasteiger partial charge in [0.05, 0.1) is 49.8 Å². The largest absolute Gasteiger partial charge is 0.861 e. The van der Waals surface area contributed by atoms with Crippen LogP contribution in [0.15, 0.2) is 432 Å². The Morgan fingerprint density at radius 2 is 0.500 bits per heavy atom. The number of alkyl halides is 2. The lowest BCUT2D eigenvalue weighted by atomic mass is 9.49. The molecule has 528 valence electrons. The van der Waals surface area contributed by atoms with Crippen molar-refractivity contribution in [1.82, 2.24) is 0 Å². The first-order chi connectivity index (χ1) is 50.6. The number of hydrogen-bond acceptors (Lipinski definition) is 5. The molecule has 4 bridgehead atoms. The van der Waals surface area contributed by atoms with Crippen molar-refractivity contribution in [1.29, 1.82) is 0 Å². The van der Waals surface area contributed by atoms with E-state index in [0.29, 0.717) is 17.8 Å². The third-order valence-electron chi connectivity index (χ3n) is 17.4. The topological polar surface area (TPSA) is 122 Å². The fourth-order valence-corrected chi connectivity index (χ4v) is 22.1. The summed E-state index contributed by atoms with van der Waals surface area (Å²) in [5.41, 5.74) is -0.417. The first-order valence-electron chi connectivity index (χ1n) is 34.7. The average Bonchev–Trinajstić information content (AvgIpc) is 0.742. The Balaban J connectivity index is 0.000000135. The molecule has 0 heterocycles. The molecule has 104 heavy (non-hydrogen) atoms. The van der Waals surface area contributed by atoms with Gasteiger partial charge in [0.15, 0.2) is 64.9 Å². The molecule has 12 aromatic rings. The highest BCUT2D eigenvalue weighted by Crippen LogP contribution is 2.60. The zero-order valence-corrected chi connectivity index (χ0v) is 62.6. The van der Waals surface area contributed by atoms with Crippen LogP contribution >= 0.6 is 0 Å². The van der Waals surface area contributed by atoms with E-state index in [1.165, 1.54) is 78.0 Å². The Bertz CT molecular complexity index is 3760. The molecule has 0 radical (unpaired) electrons. The quantitative estimate of drug-likeness (QED) is 0.0542. The van der Waals surface area contributed by atoms with Gasteiger partial charge in [-0.15, -0.1) is 0 Å². The number of halogens is 2. The third-order valence-corrected chi connectivity index (χ3v) is 26.8. The minimum absolute atomic E-state index is 0.0146. The number of amides is 1. The van der Waals surface area contributed by atoms with Gasteiger partial charge in [-0.3, -0.25) is 4.79 Å². The number of hydrogen-bond donors (Lipinski definition) is 0. The summed E-state index contributed by atoms with van der Waals surface area (Å²) in [5, 5.41) is 22.5. The Kier molecular flexibility index (Phi) is 29.2. The molecule has 16 rings (SSSR count). The molecule has 14 heteroatoms. The van der Waals surface area contributed by atoms with Crippen molar-refractivity contribution in [3.63, 3.8) is 0 Å². The minimum Gasteiger partial charge on any atom is -0.861 e. The summed E-state index contributed by atoms with van der Waals surface area (Å²) in [6.07, 6.45) is 3.53. The second-order valence-electron chi connectivity index (χ2n) is 25.3. The summed E-state index contributed by atoms with van der Waals surface area (Å²) in [5.74, 6) is -0.607. The number of benzene rings is 12. The minimum atomic E-state index is -3.73. The molecule has 2 unspecified atom stereocenters. The lowest BCUT2D eigenvalue weighted by Gasteiger charge is -2.58.